The van der Waals surface area contributed by atoms with Gasteiger partial charge in [0.2, 0.25) is 5.75 Å². The number of halogens is 4. The molecule has 0 unspecified atom stereocenters. The van der Waals surface area contributed by atoms with Crippen molar-refractivity contribution in [3.8, 4) is 17.3 Å². The Kier molecular flexibility index (Phi) is 3.67. The van der Waals surface area contributed by atoms with Gasteiger partial charge in [0.05, 0.1) is 23.9 Å². The molecule has 2 aromatic rings. The number of methoxy groups -OCH3 is 1. The standard InChI is InChI=1S/C11H7ClF3N3O2/c1-20-7-4-17-9(18-10(7)19)8-6(12)2-5(3-16-8)11(13,14)15/h2-4H,1H3,(H,17,18,19). The van der Waals surface area contributed by atoms with Gasteiger partial charge in [0.25, 0.3) is 5.56 Å². The Morgan fingerprint density at radius 3 is 2.50 bits per heavy atom. The van der Waals surface area contributed by atoms with Gasteiger partial charge in [0, 0.05) is 6.20 Å². The predicted molar refractivity (Wildman–Crippen MR) is 64.7 cm³/mol. The molecule has 0 fully saturated rings. The Balaban J connectivity index is 2.49. The van der Waals surface area contributed by atoms with Gasteiger partial charge in [0.15, 0.2) is 5.82 Å². The molecular formula is C11H7ClF3N3O2. The zero-order chi connectivity index (χ0) is 14.9. The third-order valence-electron chi connectivity index (χ3n) is 2.38. The van der Waals surface area contributed by atoms with Crippen molar-refractivity contribution in [2.45, 2.75) is 6.18 Å². The maximum absolute atomic E-state index is 12.5. The van der Waals surface area contributed by atoms with Crippen molar-refractivity contribution in [1.82, 2.24) is 15.0 Å². The third kappa shape index (κ3) is 2.74. The van der Waals surface area contributed by atoms with E-state index in [1.165, 1.54) is 7.11 Å². The molecule has 20 heavy (non-hydrogen) atoms. The van der Waals surface area contributed by atoms with Crippen molar-refractivity contribution >= 4 is 11.6 Å². The van der Waals surface area contributed by atoms with Gasteiger partial charge in [-0.2, -0.15) is 13.2 Å². The first-order valence-corrected chi connectivity index (χ1v) is 5.57. The minimum absolute atomic E-state index is 0.0308. The number of hydrogen-bond donors (Lipinski definition) is 1. The molecule has 0 spiro atoms. The molecule has 0 radical (unpaired) electrons. The Bertz CT molecular complexity index is 700. The Labute approximate surface area is 115 Å². The number of aromatic amines is 1. The van der Waals surface area contributed by atoms with E-state index in [4.69, 9.17) is 16.3 Å². The van der Waals surface area contributed by atoms with Crippen LogP contribution in [0.2, 0.25) is 5.02 Å². The fraction of sp³-hybridized carbons (Fsp3) is 0.182. The van der Waals surface area contributed by atoms with Crippen LogP contribution in [-0.4, -0.2) is 22.1 Å². The van der Waals surface area contributed by atoms with Crippen LogP contribution in [0.15, 0.2) is 23.3 Å². The Morgan fingerprint density at radius 1 is 1.30 bits per heavy atom. The van der Waals surface area contributed by atoms with Gasteiger partial charge in [-0.05, 0) is 6.07 Å². The summed E-state index contributed by atoms with van der Waals surface area (Å²) in [6.07, 6.45) is -2.80. The fourth-order valence-corrected chi connectivity index (χ4v) is 1.67. The lowest BCUT2D eigenvalue weighted by atomic mass is 10.2. The molecule has 0 saturated carbocycles. The van der Waals surface area contributed by atoms with Gasteiger partial charge in [-0.15, -0.1) is 0 Å². The SMILES string of the molecule is COc1cnc(-c2ncc(C(F)(F)F)cc2Cl)[nH]c1=O. The molecule has 9 heteroatoms. The molecule has 0 amide bonds. The molecule has 2 heterocycles. The minimum Gasteiger partial charge on any atom is -0.490 e. The number of aromatic nitrogens is 3. The van der Waals surface area contributed by atoms with Gasteiger partial charge in [-0.1, -0.05) is 11.6 Å². The monoisotopic (exact) mass is 305 g/mol. The smallest absolute Gasteiger partial charge is 0.417 e. The van der Waals surface area contributed by atoms with Crippen LogP contribution in [0.1, 0.15) is 5.56 Å². The zero-order valence-corrected chi connectivity index (χ0v) is 10.7. The summed E-state index contributed by atoms with van der Waals surface area (Å²) in [5.74, 6) is -0.0775. The molecule has 0 aliphatic rings. The van der Waals surface area contributed by atoms with Gasteiger partial charge >= 0.3 is 6.18 Å². The van der Waals surface area contributed by atoms with Crippen LogP contribution in [0.25, 0.3) is 11.5 Å². The maximum atomic E-state index is 12.5. The van der Waals surface area contributed by atoms with E-state index >= 15 is 0 Å². The molecule has 106 valence electrons. The lowest BCUT2D eigenvalue weighted by Crippen LogP contribution is -2.12. The van der Waals surface area contributed by atoms with Crippen LogP contribution in [0, 0.1) is 0 Å². The number of H-pyrrole nitrogens is 1. The number of pyridine rings is 1. The largest absolute Gasteiger partial charge is 0.490 e. The molecule has 1 N–H and O–H groups in total. The average molecular weight is 306 g/mol. The first-order valence-electron chi connectivity index (χ1n) is 5.19. The third-order valence-corrected chi connectivity index (χ3v) is 2.67. The van der Waals surface area contributed by atoms with Crippen LogP contribution >= 0.6 is 11.6 Å². The van der Waals surface area contributed by atoms with Crippen molar-refractivity contribution in [2.75, 3.05) is 7.11 Å². The first kappa shape index (κ1) is 14.3. The minimum atomic E-state index is -4.55. The van der Waals surface area contributed by atoms with Crippen molar-refractivity contribution in [2.24, 2.45) is 0 Å². The maximum Gasteiger partial charge on any atom is 0.417 e. The van der Waals surface area contributed by atoms with E-state index in [-0.39, 0.29) is 22.3 Å². The van der Waals surface area contributed by atoms with E-state index in [0.29, 0.717) is 12.3 Å². The second-order valence-corrected chi connectivity index (χ2v) is 4.09. The van der Waals surface area contributed by atoms with Crippen molar-refractivity contribution in [3.05, 3.63) is 39.4 Å². The second-order valence-electron chi connectivity index (χ2n) is 3.68. The molecule has 0 atom stereocenters. The fourth-order valence-electron chi connectivity index (χ4n) is 1.42. The molecule has 0 aromatic carbocycles. The van der Waals surface area contributed by atoms with Crippen LogP contribution in [-0.2, 0) is 6.18 Å². The van der Waals surface area contributed by atoms with Gasteiger partial charge in [0.1, 0.15) is 5.69 Å². The molecule has 0 aliphatic carbocycles. The number of ether oxygens (including phenoxy) is 1. The summed E-state index contributed by atoms with van der Waals surface area (Å²) in [5, 5.41) is -0.270. The highest BCUT2D eigenvalue weighted by Gasteiger charge is 2.31. The predicted octanol–water partition coefficient (Wildman–Crippen LogP) is 2.51. The molecule has 2 rings (SSSR count). The van der Waals surface area contributed by atoms with E-state index in [1.807, 2.05) is 0 Å². The molecule has 5 nitrogen and oxygen atoms in total. The molecular weight excluding hydrogens is 299 g/mol. The quantitative estimate of drug-likeness (QED) is 0.925. The van der Waals surface area contributed by atoms with Crippen LogP contribution in [0.5, 0.6) is 5.75 Å². The normalized spacial score (nSPS) is 11.4. The summed E-state index contributed by atoms with van der Waals surface area (Å²) in [4.78, 5) is 21.2. The van der Waals surface area contributed by atoms with Gasteiger partial charge in [-0.3, -0.25) is 9.78 Å². The van der Waals surface area contributed by atoms with Crippen LogP contribution < -0.4 is 10.3 Å². The van der Waals surface area contributed by atoms with Gasteiger partial charge < -0.3 is 9.72 Å². The topological polar surface area (TPSA) is 67.9 Å². The van der Waals surface area contributed by atoms with Crippen molar-refractivity contribution in [1.29, 1.82) is 0 Å². The lowest BCUT2D eigenvalue weighted by Gasteiger charge is -2.08. The number of alkyl halides is 3. The number of nitrogens with zero attached hydrogens (tertiary/aromatic N) is 2. The first-order chi connectivity index (χ1) is 9.32. The highest BCUT2D eigenvalue weighted by atomic mass is 35.5. The average Bonchev–Trinajstić information content (AvgIpc) is 2.37. The summed E-state index contributed by atoms with van der Waals surface area (Å²) in [6.45, 7) is 0. The Morgan fingerprint density at radius 2 is 2.00 bits per heavy atom. The zero-order valence-electron chi connectivity index (χ0n) is 9.95. The van der Waals surface area contributed by atoms with Crippen LogP contribution in [0.4, 0.5) is 13.2 Å². The number of rotatable bonds is 2. The van der Waals surface area contributed by atoms with E-state index in [2.05, 4.69) is 15.0 Å². The van der Waals surface area contributed by atoms with Crippen LogP contribution in [0.3, 0.4) is 0 Å². The summed E-state index contributed by atoms with van der Waals surface area (Å²) in [5.41, 5.74) is -1.63. The second kappa shape index (κ2) is 5.12. The van der Waals surface area contributed by atoms with Crippen molar-refractivity contribution in [3.63, 3.8) is 0 Å². The Hall–Kier alpha value is -2.09. The highest BCUT2D eigenvalue weighted by molar-refractivity contribution is 6.32. The van der Waals surface area contributed by atoms with Crippen molar-refractivity contribution < 1.29 is 17.9 Å². The molecule has 0 bridgehead atoms. The highest BCUT2D eigenvalue weighted by Crippen LogP contribution is 2.32. The lowest BCUT2D eigenvalue weighted by molar-refractivity contribution is -0.137. The van der Waals surface area contributed by atoms with Gasteiger partial charge in [-0.25, -0.2) is 4.98 Å². The molecule has 0 aliphatic heterocycles. The summed E-state index contributed by atoms with van der Waals surface area (Å²) < 4.78 is 42.2. The van der Waals surface area contributed by atoms with E-state index < -0.39 is 17.3 Å². The van der Waals surface area contributed by atoms with E-state index in [0.717, 1.165) is 6.20 Å². The van der Waals surface area contributed by atoms with E-state index in [1.54, 1.807) is 0 Å². The number of hydrogen-bond acceptors (Lipinski definition) is 4. The van der Waals surface area contributed by atoms with E-state index in [9.17, 15) is 18.0 Å². The summed E-state index contributed by atoms with van der Waals surface area (Å²) >= 11 is 5.74. The number of nitrogens with one attached hydrogen (secondary N) is 1. The summed E-state index contributed by atoms with van der Waals surface area (Å²) in [7, 11) is 1.29. The molecule has 2 aromatic heterocycles. The molecule has 0 saturated heterocycles. The summed E-state index contributed by atoms with van der Waals surface area (Å²) in [6, 6.07) is 0.716.